The van der Waals surface area contributed by atoms with Crippen LogP contribution < -0.4 is 0 Å². The maximum Gasteiger partial charge on any atom is 0.416 e. The number of piperidine rings is 1. The molecule has 0 bridgehead atoms. The summed E-state index contributed by atoms with van der Waals surface area (Å²) in [5.41, 5.74) is 1.15. The molecule has 2 amide bonds. The Balaban J connectivity index is 1.58. The number of ether oxygens (including phenoxy) is 1. The van der Waals surface area contributed by atoms with Gasteiger partial charge >= 0.3 is 6.09 Å². The van der Waals surface area contributed by atoms with Gasteiger partial charge < -0.3 is 4.74 Å². The van der Waals surface area contributed by atoms with E-state index in [2.05, 4.69) is 0 Å². The van der Waals surface area contributed by atoms with Crippen LogP contribution in [0.3, 0.4) is 0 Å². The van der Waals surface area contributed by atoms with Gasteiger partial charge in [0.25, 0.3) is 0 Å². The Labute approximate surface area is 112 Å². The molecule has 1 aromatic carbocycles. The van der Waals surface area contributed by atoms with Crippen molar-refractivity contribution in [3.05, 3.63) is 35.9 Å². The van der Waals surface area contributed by atoms with Crippen LogP contribution in [0.4, 0.5) is 4.79 Å². The molecule has 4 heteroatoms. The molecule has 1 aliphatic carbocycles. The van der Waals surface area contributed by atoms with Gasteiger partial charge in [0.1, 0.15) is 6.61 Å². The molecule has 0 unspecified atom stereocenters. The quantitative estimate of drug-likeness (QED) is 0.820. The molecule has 2 aliphatic rings. The van der Waals surface area contributed by atoms with Gasteiger partial charge in [0.2, 0.25) is 5.91 Å². The first-order valence-corrected chi connectivity index (χ1v) is 6.70. The zero-order valence-corrected chi connectivity index (χ0v) is 10.8. The van der Waals surface area contributed by atoms with E-state index in [4.69, 9.17) is 4.74 Å². The second kappa shape index (κ2) is 4.68. The molecule has 0 radical (unpaired) electrons. The lowest BCUT2D eigenvalue weighted by Crippen LogP contribution is -2.44. The van der Waals surface area contributed by atoms with Crippen LogP contribution in [-0.4, -0.2) is 23.4 Å². The summed E-state index contributed by atoms with van der Waals surface area (Å²) >= 11 is 0. The second-order valence-electron chi connectivity index (χ2n) is 5.52. The lowest BCUT2D eigenvalue weighted by Gasteiger charge is -2.30. The van der Waals surface area contributed by atoms with Crippen molar-refractivity contribution in [1.82, 2.24) is 4.90 Å². The van der Waals surface area contributed by atoms with Crippen molar-refractivity contribution in [2.75, 3.05) is 6.54 Å². The maximum absolute atomic E-state index is 12.0. The molecule has 19 heavy (non-hydrogen) atoms. The maximum atomic E-state index is 12.0. The van der Waals surface area contributed by atoms with E-state index in [-0.39, 0.29) is 17.9 Å². The third-order valence-electron chi connectivity index (χ3n) is 4.05. The molecular formula is C15H17NO3. The van der Waals surface area contributed by atoms with Crippen molar-refractivity contribution in [2.45, 2.75) is 32.3 Å². The minimum Gasteiger partial charge on any atom is -0.444 e. The van der Waals surface area contributed by atoms with E-state index in [1.54, 1.807) is 0 Å². The number of imide groups is 1. The van der Waals surface area contributed by atoms with Crippen LogP contribution in [-0.2, 0) is 16.1 Å². The highest BCUT2D eigenvalue weighted by Crippen LogP contribution is 2.52. The molecule has 1 saturated heterocycles. The monoisotopic (exact) mass is 259 g/mol. The number of hydrogen-bond acceptors (Lipinski definition) is 3. The average molecular weight is 259 g/mol. The lowest BCUT2D eigenvalue weighted by molar-refractivity contribution is -0.133. The Hall–Kier alpha value is -1.84. The Morgan fingerprint density at radius 3 is 2.63 bits per heavy atom. The van der Waals surface area contributed by atoms with Crippen LogP contribution >= 0.6 is 0 Å². The lowest BCUT2D eigenvalue weighted by atomic mass is 9.95. The summed E-state index contributed by atoms with van der Waals surface area (Å²) in [6, 6.07) is 9.50. The van der Waals surface area contributed by atoms with Crippen molar-refractivity contribution in [3.8, 4) is 0 Å². The molecule has 1 aromatic rings. The number of nitrogens with zero attached hydrogens (tertiary/aromatic N) is 1. The molecule has 2 fully saturated rings. The highest BCUT2D eigenvalue weighted by Gasteiger charge is 2.49. The molecule has 1 saturated carbocycles. The number of hydrogen-bond donors (Lipinski definition) is 0. The largest absolute Gasteiger partial charge is 0.444 e. The first-order valence-electron chi connectivity index (χ1n) is 6.70. The topological polar surface area (TPSA) is 46.6 Å². The van der Waals surface area contributed by atoms with E-state index in [0.717, 1.165) is 24.8 Å². The van der Waals surface area contributed by atoms with Crippen molar-refractivity contribution in [3.63, 3.8) is 0 Å². The Bertz CT molecular complexity index is 493. The fraction of sp³-hybridized carbons (Fsp3) is 0.467. The third-order valence-corrected chi connectivity index (χ3v) is 4.05. The van der Waals surface area contributed by atoms with Crippen molar-refractivity contribution in [2.24, 2.45) is 5.41 Å². The predicted molar refractivity (Wildman–Crippen MR) is 69.2 cm³/mol. The Kier molecular flexibility index (Phi) is 3.01. The van der Waals surface area contributed by atoms with Crippen LogP contribution in [0.15, 0.2) is 30.3 Å². The Morgan fingerprint density at radius 1 is 1.21 bits per heavy atom. The summed E-state index contributed by atoms with van der Waals surface area (Å²) < 4.78 is 5.23. The third kappa shape index (κ3) is 2.62. The average Bonchev–Trinajstić information content (AvgIpc) is 3.20. The van der Waals surface area contributed by atoms with E-state index < -0.39 is 6.09 Å². The summed E-state index contributed by atoms with van der Waals surface area (Å²) in [5, 5.41) is 0. The van der Waals surface area contributed by atoms with Gasteiger partial charge in [0.05, 0.1) is 0 Å². The first-order chi connectivity index (χ1) is 9.19. The van der Waals surface area contributed by atoms with Gasteiger partial charge in [-0.1, -0.05) is 30.3 Å². The minimum absolute atomic E-state index is 0.101. The molecule has 1 aliphatic heterocycles. The van der Waals surface area contributed by atoms with Gasteiger partial charge in [-0.2, -0.15) is 0 Å². The molecule has 0 aromatic heterocycles. The Morgan fingerprint density at radius 2 is 1.95 bits per heavy atom. The zero-order valence-electron chi connectivity index (χ0n) is 10.8. The molecular weight excluding hydrogens is 242 g/mol. The smallest absolute Gasteiger partial charge is 0.416 e. The van der Waals surface area contributed by atoms with Crippen molar-refractivity contribution in [1.29, 1.82) is 0 Å². The van der Waals surface area contributed by atoms with E-state index in [1.807, 2.05) is 30.3 Å². The normalized spacial score (nSPS) is 20.4. The second-order valence-corrected chi connectivity index (χ2v) is 5.52. The number of carbonyl (C=O) groups excluding carboxylic acids is 2. The summed E-state index contributed by atoms with van der Waals surface area (Å²) in [4.78, 5) is 25.1. The van der Waals surface area contributed by atoms with E-state index in [9.17, 15) is 9.59 Å². The van der Waals surface area contributed by atoms with Gasteiger partial charge in [-0.05, 0) is 30.2 Å². The van der Waals surface area contributed by atoms with Gasteiger partial charge in [0.15, 0.2) is 0 Å². The SMILES string of the molecule is O=C1CCC2(CC2)CN1C(=O)OCc1ccccc1. The number of benzene rings is 1. The van der Waals surface area contributed by atoms with Crippen LogP contribution in [0, 0.1) is 5.41 Å². The van der Waals surface area contributed by atoms with Gasteiger partial charge in [-0.25, -0.2) is 9.69 Å². The number of rotatable bonds is 2. The molecule has 1 heterocycles. The molecule has 0 atom stereocenters. The highest BCUT2D eigenvalue weighted by molar-refractivity contribution is 5.92. The fourth-order valence-electron chi connectivity index (χ4n) is 2.56. The van der Waals surface area contributed by atoms with Crippen molar-refractivity contribution >= 4 is 12.0 Å². The van der Waals surface area contributed by atoms with Crippen LogP contribution in [0.5, 0.6) is 0 Å². The van der Waals surface area contributed by atoms with E-state index >= 15 is 0 Å². The van der Waals surface area contributed by atoms with E-state index in [0.29, 0.717) is 13.0 Å². The fourth-order valence-corrected chi connectivity index (χ4v) is 2.56. The van der Waals surface area contributed by atoms with Crippen LogP contribution in [0.25, 0.3) is 0 Å². The summed E-state index contributed by atoms with van der Waals surface area (Å²) in [6.07, 6.45) is 3.15. The highest BCUT2D eigenvalue weighted by atomic mass is 16.6. The summed E-state index contributed by atoms with van der Waals surface area (Å²) in [5.74, 6) is -0.101. The van der Waals surface area contributed by atoms with Crippen LogP contribution in [0.1, 0.15) is 31.2 Å². The molecule has 100 valence electrons. The zero-order chi connectivity index (χ0) is 13.3. The molecule has 1 spiro atoms. The first kappa shape index (κ1) is 12.2. The number of carbonyl (C=O) groups is 2. The number of amides is 2. The molecule has 3 rings (SSSR count). The predicted octanol–water partition coefficient (Wildman–Crippen LogP) is 2.73. The van der Waals surface area contributed by atoms with Gasteiger partial charge in [-0.15, -0.1) is 0 Å². The van der Waals surface area contributed by atoms with Crippen LogP contribution in [0.2, 0.25) is 0 Å². The summed E-state index contributed by atoms with van der Waals surface area (Å²) in [7, 11) is 0. The van der Waals surface area contributed by atoms with Gasteiger partial charge in [-0.3, -0.25) is 4.79 Å². The molecule has 0 N–H and O–H groups in total. The van der Waals surface area contributed by atoms with Crippen molar-refractivity contribution < 1.29 is 14.3 Å². The molecule has 4 nitrogen and oxygen atoms in total. The minimum atomic E-state index is -0.500. The van der Waals surface area contributed by atoms with Gasteiger partial charge in [0, 0.05) is 13.0 Å². The van der Waals surface area contributed by atoms with E-state index in [1.165, 1.54) is 4.90 Å². The number of likely N-dealkylation sites (tertiary alicyclic amines) is 1. The standard InChI is InChI=1S/C15H17NO3/c17-13-6-7-15(8-9-15)11-16(13)14(18)19-10-12-4-2-1-3-5-12/h1-5H,6-11H2. The summed E-state index contributed by atoms with van der Waals surface area (Å²) in [6.45, 7) is 0.760.